The molecule has 0 saturated carbocycles. The van der Waals surface area contributed by atoms with Crippen molar-refractivity contribution in [1.82, 2.24) is 9.97 Å². The van der Waals surface area contributed by atoms with E-state index in [4.69, 9.17) is 0 Å². The van der Waals surface area contributed by atoms with Crippen molar-refractivity contribution in [2.24, 2.45) is 0 Å². The topological polar surface area (TPSA) is 37.8 Å². The normalized spacial score (nSPS) is 10.7. The summed E-state index contributed by atoms with van der Waals surface area (Å²) >= 11 is 0. The molecule has 100 valence electrons. The van der Waals surface area contributed by atoms with Gasteiger partial charge in [0.2, 0.25) is 0 Å². The third kappa shape index (κ3) is 2.42. The van der Waals surface area contributed by atoms with E-state index in [0.717, 1.165) is 17.7 Å². The quantitative estimate of drug-likeness (QED) is 0.792. The first-order valence-electron chi connectivity index (χ1n) is 6.11. The van der Waals surface area contributed by atoms with Crippen molar-refractivity contribution in [3.63, 3.8) is 0 Å². The van der Waals surface area contributed by atoms with Crippen LogP contribution in [0.1, 0.15) is 5.56 Å². The van der Waals surface area contributed by atoms with Crippen LogP contribution in [0.5, 0.6) is 0 Å². The maximum atomic E-state index is 13.3. The molecule has 1 N–H and O–H groups in total. The Morgan fingerprint density at radius 3 is 2.50 bits per heavy atom. The zero-order valence-electron chi connectivity index (χ0n) is 10.5. The minimum atomic E-state index is -0.912. The fraction of sp³-hybridized carbons (Fsp3) is 0.0667. The predicted molar refractivity (Wildman–Crippen MR) is 73.2 cm³/mol. The van der Waals surface area contributed by atoms with Crippen LogP contribution in [-0.2, 0) is 6.54 Å². The highest BCUT2D eigenvalue weighted by atomic mass is 19.2. The van der Waals surface area contributed by atoms with Crippen molar-refractivity contribution < 1.29 is 8.78 Å². The molecule has 0 aliphatic heterocycles. The molecule has 0 bridgehead atoms. The third-order valence-electron chi connectivity index (χ3n) is 2.98. The van der Waals surface area contributed by atoms with Crippen molar-refractivity contribution in [2.75, 3.05) is 5.32 Å². The molecular formula is C15H11F2N3. The first-order chi connectivity index (χ1) is 9.74. The molecular weight excluding hydrogens is 260 g/mol. The first-order valence-corrected chi connectivity index (χ1v) is 6.11. The van der Waals surface area contributed by atoms with Gasteiger partial charge in [-0.15, -0.1) is 0 Å². The summed E-state index contributed by atoms with van der Waals surface area (Å²) in [5.41, 5.74) is 1.44. The number of nitrogens with zero attached hydrogens (tertiary/aromatic N) is 2. The van der Waals surface area contributed by atoms with Crippen molar-refractivity contribution >= 4 is 16.7 Å². The Morgan fingerprint density at radius 2 is 1.70 bits per heavy atom. The smallest absolute Gasteiger partial charge is 0.161 e. The van der Waals surface area contributed by atoms with Crippen molar-refractivity contribution in [3.05, 3.63) is 66.0 Å². The fourth-order valence-electron chi connectivity index (χ4n) is 1.97. The van der Waals surface area contributed by atoms with Gasteiger partial charge in [0.1, 0.15) is 12.1 Å². The van der Waals surface area contributed by atoms with Gasteiger partial charge in [-0.1, -0.05) is 30.3 Å². The van der Waals surface area contributed by atoms with E-state index in [-0.39, 0.29) is 0 Å². The molecule has 0 amide bonds. The molecule has 3 aromatic rings. The Bertz CT molecular complexity index is 745. The maximum Gasteiger partial charge on any atom is 0.161 e. The maximum absolute atomic E-state index is 13.3. The van der Waals surface area contributed by atoms with Crippen molar-refractivity contribution in [2.45, 2.75) is 6.54 Å². The van der Waals surface area contributed by atoms with Gasteiger partial charge in [0.25, 0.3) is 0 Å². The minimum Gasteiger partial charge on any atom is -0.365 e. The van der Waals surface area contributed by atoms with Gasteiger partial charge in [-0.2, -0.15) is 0 Å². The van der Waals surface area contributed by atoms with Crippen LogP contribution in [0, 0.1) is 11.6 Å². The lowest BCUT2D eigenvalue weighted by Crippen LogP contribution is -2.03. The summed E-state index contributed by atoms with van der Waals surface area (Å²) in [6.45, 7) is 0.548. The van der Waals surface area contributed by atoms with Gasteiger partial charge in [-0.05, 0) is 11.6 Å². The lowest BCUT2D eigenvalue weighted by molar-refractivity contribution is 0.510. The summed E-state index contributed by atoms with van der Waals surface area (Å²) in [5.74, 6) is -1.34. The largest absolute Gasteiger partial charge is 0.365 e. The van der Waals surface area contributed by atoms with Crippen LogP contribution in [0.3, 0.4) is 0 Å². The number of benzene rings is 2. The number of rotatable bonds is 3. The fourth-order valence-corrected chi connectivity index (χ4v) is 1.97. The summed E-state index contributed by atoms with van der Waals surface area (Å²) in [5, 5.41) is 3.57. The Morgan fingerprint density at radius 1 is 0.950 bits per heavy atom. The monoisotopic (exact) mass is 271 g/mol. The van der Waals surface area contributed by atoms with E-state index in [9.17, 15) is 8.78 Å². The summed E-state index contributed by atoms with van der Waals surface area (Å²) in [6, 6.07) is 11.9. The Labute approximate surface area is 114 Å². The number of anilines is 1. The molecule has 5 heteroatoms. The SMILES string of the molecule is Fc1cc2ncnc(NCc3ccccc3)c2cc1F. The number of aromatic nitrogens is 2. The molecule has 1 aromatic heterocycles. The first kappa shape index (κ1) is 12.5. The predicted octanol–water partition coefficient (Wildman–Crippen LogP) is 3.52. The Kier molecular flexibility index (Phi) is 3.25. The summed E-state index contributed by atoms with van der Waals surface area (Å²) in [7, 11) is 0. The molecule has 0 fully saturated rings. The molecule has 1 heterocycles. The van der Waals surface area contributed by atoms with Crippen LogP contribution in [0.4, 0.5) is 14.6 Å². The lowest BCUT2D eigenvalue weighted by atomic mass is 10.2. The summed E-state index contributed by atoms with van der Waals surface area (Å²) < 4.78 is 26.5. The van der Waals surface area contributed by atoms with E-state index >= 15 is 0 Å². The average molecular weight is 271 g/mol. The number of hydrogen-bond acceptors (Lipinski definition) is 3. The van der Waals surface area contributed by atoms with E-state index in [1.165, 1.54) is 6.33 Å². The van der Waals surface area contributed by atoms with Gasteiger partial charge < -0.3 is 5.32 Å². The molecule has 0 aliphatic carbocycles. The molecule has 3 rings (SSSR count). The van der Waals surface area contributed by atoms with Gasteiger partial charge in [-0.25, -0.2) is 18.7 Å². The molecule has 0 radical (unpaired) electrons. The van der Waals surface area contributed by atoms with E-state index < -0.39 is 11.6 Å². The van der Waals surface area contributed by atoms with Gasteiger partial charge >= 0.3 is 0 Å². The Balaban J connectivity index is 1.93. The van der Waals surface area contributed by atoms with Crippen LogP contribution >= 0.6 is 0 Å². The number of nitrogens with one attached hydrogen (secondary N) is 1. The standard InChI is InChI=1S/C15H11F2N3/c16-12-6-11-14(7-13(12)17)19-9-20-15(11)18-8-10-4-2-1-3-5-10/h1-7,9H,8H2,(H,18,19,20). The highest BCUT2D eigenvalue weighted by Crippen LogP contribution is 2.22. The van der Waals surface area contributed by atoms with Crippen LogP contribution in [0.15, 0.2) is 48.8 Å². The average Bonchev–Trinajstić information content (AvgIpc) is 2.47. The van der Waals surface area contributed by atoms with E-state index in [2.05, 4.69) is 15.3 Å². The zero-order valence-corrected chi connectivity index (χ0v) is 10.5. The van der Waals surface area contributed by atoms with Gasteiger partial charge in [0, 0.05) is 18.0 Å². The molecule has 0 unspecified atom stereocenters. The molecule has 20 heavy (non-hydrogen) atoms. The second-order valence-corrected chi connectivity index (χ2v) is 4.34. The molecule has 3 nitrogen and oxygen atoms in total. The highest BCUT2D eigenvalue weighted by molar-refractivity contribution is 5.88. The molecule has 0 aliphatic rings. The number of halogens is 2. The van der Waals surface area contributed by atoms with Crippen LogP contribution < -0.4 is 5.32 Å². The van der Waals surface area contributed by atoms with Crippen LogP contribution in [-0.4, -0.2) is 9.97 Å². The molecule has 0 spiro atoms. The second kappa shape index (κ2) is 5.21. The van der Waals surface area contributed by atoms with Gasteiger partial charge in [0.05, 0.1) is 5.52 Å². The number of fused-ring (bicyclic) bond motifs is 1. The molecule has 0 saturated heterocycles. The van der Waals surface area contributed by atoms with E-state index in [1.54, 1.807) is 0 Å². The van der Waals surface area contributed by atoms with Crippen LogP contribution in [0.2, 0.25) is 0 Å². The third-order valence-corrected chi connectivity index (χ3v) is 2.98. The van der Waals surface area contributed by atoms with Crippen LogP contribution in [0.25, 0.3) is 10.9 Å². The van der Waals surface area contributed by atoms with Crippen molar-refractivity contribution in [3.8, 4) is 0 Å². The lowest BCUT2D eigenvalue weighted by Gasteiger charge is -2.08. The second-order valence-electron chi connectivity index (χ2n) is 4.34. The highest BCUT2D eigenvalue weighted by Gasteiger charge is 2.09. The zero-order chi connectivity index (χ0) is 13.9. The Hall–Kier alpha value is -2.56. The summed E-state index contributed by atoms with van der Waals surface area (Å²) in [6.07, 6.45) is 1.33. The van der Waals surface area contributed by atoms with E-state index in [1.807, 2.05) is 30.3 Å². The molecule has 0 atom stereocenters. The van der Waals surface area contributed by atoms with Gasteiger partial charge in [0.15, 0.2) is 11.6 Å². The van der Waals surface area contributed by atoms with E-state index in [0.29, 0.717) is 23.3 Å². The van der Waals surface area contributed by atoms with Gasteiger partial charge in [-0.3, -0.25) is 0 Å². The summed E-state index contributed by atoms with van der Waals surface area (Å²) in [4.78, 5) is 8.02. The number of hydrogen-bond donors (Lipinski definition) is 1. The van der Waals surface area contributed by atoms with Crippen molar-refractivity contribution in [1.29, 1.82) is 0 Å². The molecule has 2 aromatic carbocycles. The minimum absolute atomic E-state index is 0.370.